The number of ether oxygens (including phenoxy) is 2. The first-order valence-corrected chi connectivity index (χ1v) is 7.37. The second kappa shape index (κ2) is 7.60. The Morgan fingerprint density at radius 2 is 2.05 bits per heavy atom. The molecule has 20 heavy (non-hydrogen) atoms. The maximum absolute atomic E-state index is 5.82. The first-order chi connectivity index (χ1) is 9.53. The largest absolute Gasteiger partial charge is 0.376 e. The SMILES string of the molecule is CC.COC(C)(C)C1CN(c2ccc(C)nc2)CCO1. The van der Waals surface area contributed by atoms with Crippen molar-refractivity contribution in [3.8, 4) is 0 Å². The van der Waals surface area contributed by atoms with Crippen LogP contribution in [-0.4, -0.2) is 43.5 Å². The van der Waals surface area contributed by atoms with Gasteiger partial charge in [0.05, 0.1) is 24.1 Å². The summed E-state index contributed by atoms with van der Waals surface area (Å²) in [4.78, 5) is 6.65. The average Bonchev–Trinajstić information content (AvgIpc) is 2.50. The van der Waals surface area contributed by atoms with Crippen LogP contribution in [0.5, 0.6) is 0 Å². The molecule has 1 atom stereocenters. The molecule has 0 radical (unpaired) electrons. The minimum atomic E-state index is -0.267. The Balaban J connectivity index is 0.000000956. The number of aryl methyl sites for hydroxylation is 1. The first-order valence-electron chi connectivity index (χ1n) is 7.37. The van der Waals surface area contributed by atoms with Crippen LogP contribution in [0.1, 0.15) is 33.4 Å². The molecule has 4 nitrogen and oxygen atoms in total. The number of aromatic nitrogens is 1. The molecule has 0 aliphatic carbocycles. The van der Waals surface area contributed by atoms with Gasteiger partial charge in [-0.1, -0.05) is 13.8 Å². The average molecular weight is 280 g/mol. The van der Waals surface area contributed by atoms with E-state index in [1.165, 1.54) is 0 Å². The Hall–Kier alpha value is -1.13. The van der Waals surface area contributed by atoms with E-state index in [0.29, 0.717) is 0 Å². The standard InChI is InChI=1S/C14H22N2O2.C2H6/c1-11-5-6-12(9-15-11)16-7-8-18-13(10-16)14(2,3)17-4;1-2/h5-6,9,13H,7-8,10H2,1-4H3;1-2H3. The maximum atomic E-state index is 5.82. The van der Waals surface area contributed by atoms with Crippen molar-refractivity contribution in [2.75, 3.05) is 31.7 Å². The van der Waals surface area contributed by atoms with Gasteiger partial charge in [0.25, 0.3) is 0 Å². The van der Waals surface area contributed by atoms with Crippen LogP contribution >= 0.6 is 0 Å². The number of anilines is 1. The van der Waals surface area contributed by atoms with Crippen molar-refractivity contribution >= 4 is 5.69 Å². The molecular weight excluding hydrogens is 252 g/mol. The summed E-state index contributed by atoms with van der Waals surface area (Å²) in [6.07, 6.45) is 2.01. The van der Waals surface area contributed by atoms with E-state index in [4.69, 9.17) is 9.47 Å². The zero-order valence-electron chi connectivity index (χ0n) is 13.6. The molecule has 1 saturated heterocycles. The number of rotatable bonds is 3. The lowest BCUT2D eigenvalue weighted by molar-refractivity contribution is -0.113. The third-order valence-corrected chi connectivity index (χ3v) is 3.63. The molecular formula is C16H28N2O2. The molecule has 2 rings (SSSR count). The minimum Gasteiger partial charge on any atom is -0.376 e. The van der Waals surface area contributed by atoms with Gasteiger partial charge in [-0.15, -0.1) is 0 Å². The Labute approximate surface area is 123 Å². The highest BCUT2D eigenvalue weighted by Gasteiger charge is 2.34. The molecule has 1 aromatic rings. The second-order valence-corrected chi connectivity index (χ2v) is 5.27. The van der Waals surface area contributed by atoms with Gasteiger partial charge in [0.15, 0.2) is 0 Å². The van der Waals surface area contributed by atoms with Gasteiger partial charge < -0.3 is 14.4 Å². The quantitative estimate of drug-likeness (QED) is 0.852. The Morgan fingerprint density at radius 3 is 2.60 bits per heavy atom. The van der Waals surface area contributed by atoms with Gasteiger partial charge in [0.1, 0.15) is 6.10 Å². The molecule has 114 valence electrons. The highest BCUT2D eigenvalue weighted by molar-refractivity contribution is 5.45. The molecule has 4 heteroatoms. The summed E-state index contributed by atoms with van der Waals surface area (Å²) in [5.74, 6) is 0. The molecule has 0 saturated carbocycles. The molecule has 1 fully saturated rings. The number of morpholine rings is 1. The van der Waals surface area contributed by atoms with Crippen molar-refractivity contribution in [1.29, 1.82) is 0 Å². The van der Waals surface area contributed by atoms with Crippen molar-refractivity contribution < 1.29 is 9.47 Å². The van der Waals surface area contributed by atoms with Crippen molar-refractivity contribution in [3.63, 3.8) is 0 Å². The Bertz CT molecular complexity index is 390. The van der Waals surface area contributed by atoms with Gasteiger partial charge in [-0.2, -0.15) is 0 Å². The van der Waals surface area contributed by atoms with Gasteiger partial charge in [0, 0.05) is 25.9 Å². The molecule has 1 aliphatic heterocycles. The number of methoxy groups -OCH3 is 1. The molecule has 1 aromatic heterocycles. The van der Waals surface area contributed by atoms with Crippen molar-refractivity contribution in [2.45, 2.75) is 46.3 Å². The lowest BCUT2D eigenvalue weighted by atomic mass is 9.99. The zero-order chi connectivity index (χ0) is 15.2. The van der Waals surface area contributed by atoms with Gasteiger partial charge >= 0.3 is 0 Å². The Kier molecular flexibility index (Phi) is 6.43. The normalized spacial score (nSPS) is 19.3. The van der Waals surface area contributed by atoms with Crippen LogP contribution in [0.3, 0.4) is 0 Å². The monoisotopic (exact) mass is 280 g/mol. The summed E-state index contributed by atoms with van der Waals surface area (Å²) in [6.45, 7) is 12.6. The van der Waals surface area contributed by atoms with E-state index in [0.717, 1.165) is 31.1 Å². The molecule has 0 spiro atoms. The van der Waals surface area contributed by atoms with E-state index < -0.39 is 0 Å². The van der Waals surface area contributed by atoms with Crippen LogP contribution in [0, 0.1) is 6.92 Å². The first kappa shape index (κ1) is 16.9. The fourth-order valence-corrected chi connectivity index (χ4v) is 2.08. The fraction of sp³-hybridized carbons (Fsp3) is 0.688. The summed E-state index contributed by atoms with van der Waals surface area (Å²) in [5.41, 5.74) is 1.93. The summed E-state index contributed by atoms with van der Waals surface area (Å²) in [6, 6.07) is 4.16. The van der Waals surface area contributed by atoms with Crippen LogP contribution in [0.15, 0.2) is 18.3 Å². The molecule has 1 unspecified atom stereocenters. The van der Waals surface area contributed by atoms with Crippen molar-refractivity contribution in [3.05, 3.63) is 24.0 Å². The fourth-order valence-electron chi connectivity index (χ4n) is 2.08. The smallest absolute Gasteiger partial charge is 0.103 e. The van der Waals surface area contributed by atoms with E-state index >= 15 is 0 Å². The third kappa shape index (κ3) is 4.18. The number of hydrogen-bond donors (Lipinski definition) is 0. The van der Waals surface area contributed by atoms with Crippen LogP contribution in [0.4, 0.5) is 5.69 Å². The lowest BCUT2D eigenvalue weighted by Crippen LogP contribution is -2.52. The molecule has 2 heterocycles. The maximum Gasteiger partial charge on any atom is 0.103 e. The van der Waals surface area contributed by atoms with Crippen LogP contribution in [0.25, 0.3) is 0 Å². The van der Waals surface area contributed by atoms with E-state index in [2.05, 4.69) is 29.8 Å². The molecule has 0 bridgehead atoms. The van der Waals surface area contributed by atoms with Gasteiger partial charge in [-0.3, -0.25) is 4.98 Å². The predicted octanol–water partition coefficient (Wildman–Crippen LogP) is 3.05. The molecule has 0 N–H and O–H groups in total. The summed E-state index contributed by atoms with van der Waals surface area (Å²) < 4.78 is 11.3. The number of nitrogens with zero attached hydrogens (tertiary/aromatic N) is 2. The molecule has 1 aliphatic rings. The van der Waals surface area contributed by atoms with Crippen LogP contribution in [0.2, 0.25) is 0 Å². The minimum absolute atomic E-state index is 0.0811. The van der Waals surface area contributed by atoms with E-state index in [-0.39, 0.29) is 11.7 Å². The summed E-state index contributed by atoms with van der Waals surface area (Å²) in [7, 11) is 1.73. The highest BCUT2D eigenvalue weighted by Crippen LogP contribution is 2.24. The highest BCUT2D eigenvalue weighted by atomic mass is 16.5. The predicted molar refractivity (Wildman–Crippen MR) is 83.4 cm³/mol. The third-order valence-electron chi connectivity index (χ3n) is 3.63. The number of hydrogen-bond acceptors (Lipinski definition) is 4. The number of pyridine rings is 1. The summed E-state index contributed by atoms with van der Waals surface area (Å²) >= 11 is 0. The van der Waals surface area contributed by atoms with Crippen molar-refractivity contribution in [2.24, 2.45) is 0 Å². The molecule has 0 aromatic carbocycles. The van der Waals surface area contributed by atoms with Crippen LogP contribution in [-0.2, 0) is 9.47 Å². The van der Waals surface area contributed by atoms with Crippen molar-refractivity contribution in [1.82, 2.24) is 4.98 Å². The zero-order valence-corrected chi connectivity index (χ0v) is 13.6. The molecule has 0 amide bonds. The van der Waals surface area contributed by atoms with E-state index in [9.17, 15) is 0 Å². The van der Waals surface area contributed by atoms with Gasteiger partial charge in [-0.05, 0) is 32.9 Å². The Morgan fingerprint density at radius 1 is 1.35 bits per heavy atom. The topological polar surface area (TPSA) is 34.6 Å². The van der Waals surface area contributed by atoms with Gasteiger partial charge in [0.2, 0.25) is 0 Å². The lowest BCUT2D eigenvalue weighted by Gasteiger charge is -2.41. The van der Waals surface area contributed by atoms with Gasteiger partial charge in [-0.25, -0.2) is 0 Å². The van der Waals surface area contributed by atoms with E-state index in [1.807, 2.05) is 33.0 Å². The summed E-state index contributed by atoms with van der Waals surface area (Å²) in [5, 5.41) is 0. The van der Waals surface area contributed by atoms with Crippen LogP contribution < -0.4 is 4.90 Å². The van der Waals surface area contributed by atoms with E-state index in [1.54, 1.807) is 7.11 Å². The second-order valence-electron chi connectivity index (χ2n) is 5.27.